The predicted octanol–water partition coefficient (Wildman–Crippen LogP) is 2.88. The molecular weight excluding hydrogens is 381 g/mol. The summed E-state index contributed by atoms with van der Waals surface area (Å²) >= 11 is 3.39. The normalized spacial score (nSPS) is 11.1. The largest absolute Gasteiger partial charge is 0.370 e. The minimum Gasteiger partial charge on any atom is -0.370 e. The summed E-state index contributed by atoms with van der Waals surface area (Å²) in [7, 11) is 0. The molecule has 3 nitrogen and oxygen atoms in total. The summed E-state index contributed by atoms with van der Waals surface area (Å²) in [6.07, 6.45) is 0. The Morgan fingerprint density at radius 1 is 1.38 bits per heavy atom. The maximum Gasteiger partial charge on any atom is 0.189 e. The van der Waals surface area contributed by atoms with Crippen LogP contribution in [0.15, 0.2) is 33.7 Å². The average Bonchev–Trinajstić information content (AvgIpc) is 2.16. The number of nitrogens with two attached hydrogens (primary N) is 1. The number of hydrogen-bond donors (Lipinski definition) is 2. The monoisotopic (exact) mass is 397 g/mol. The van der Waals surface area contributed by atoms with E-state index in [-0.39, 0.29) is 24.0 Å². The molecule has 0 aliphatic carbocycles. The molecule has 0 amide bonds. The minimum atomic E-state index is 0. The molecule has 3 N–H and O–H groups in total. The first-order valence-corrected chi connectivity index (χ1v) is 5.68. The molecule has 0 saturated heterocycles. The van der Waals surface area contributed by atoms with Gasteiger partial charge in [-0.05, 0) is 31.5 Å². The second-order valence-electron chi connectivity index (χ2n) is 3.63. The second-order valence-corrected chi connectivity index (χ2v) is 4.54. The third kappa shape index (κ3) is 6.32. The molecule has 1 rings (SSSR count). The van der Waals surface area contributed by atoms with Crippen molar-refractivity contribution in [1.82, 2.24) is 5.32 Å². The van der Waals surface area contributed by atoms with E-state index in [1.165, 1.54) is 0 Å². The highest BCUT2D eigenvalue weighted by Crippen LogP contribution is 2.10. The Bertz CT molecular complexity index is 336. The first kappa shape index (κ1) is 15.7. The van der Waals surface area contributed by atoms with E-state index < -0.39 is 0 Å². The van der Waals surface area contributed by atoms with E-state index in [4.69, 9.17) is 5.73 Å². The topological polar surface area (TPSA) is 50.4 Å². The van der Waals surface area contributed by atoms with Gasteiger partial charge in [-0.1, -0.05) is 28.1 Å². The van der Waals surface area contributed by atoms with Gasteiger partial charge < -0.3 is 11.1 Å². The SMILES string of the molecule is CC(C)NC(N)=NCc1ccc(Br)cc1.I. The number of halogens is 2. The lowest BCUT2D eigenvalue weighted by Gasteiger charge is -2.08. The Labute approximate surface area is 122 Å². The van der Waals surface area contributed by atoms with Crippen molar-refractivity contribution in [2.75, 3.05) is 0 Å². The summed E-state index contributed by atoms with van der Waals surface area (Å²) in [6.45, 7) is 4.67. The van der Waals surface area contributed by atoms with Gasteiger partial charge in [0.25, 0.3) is 0 Å². The number of rotatable bonds is 3. The van der Waals surface area contributed by atoms with Crippen molar-refractivity contribution in [3.63, 3.8) is 0 Å². The molecule has 0 spiro atoms. The van der Waals surface area contributed by atoms with Crippen LogP contribution in [0.4, 0.5) is 0 Å². The summed E-state index contributed by atoms with van der Waals surface area (Å²) in [5.41, 5.74) is 6.83. The molecule has 1 aromatic rings. The fourth-order valence-corrected chi connectivity index (χ4v) is 1.37. The molecule has 0 aromatic heterocycles. The first-order valence-electron chi connectivity index (χ1n) is 4.89. The van der Waals surface area contributed by atoms with E-state index >= 15 is 0 Å². The van der Waals surface area contributed by atoms with Crippen molar-refractivity contribution in [3.05, 3.63) is 34.3 Å². The van der Waals surface area contributed by atoms with Gasteiger partial charge in [0.2, 0.25) is 0 Å². The van der Waals surface area contributed by atoms with E-state index in [1.807, 2.05) is 38.1 Å². The number of benzene rings is 1. The van der Waals surface area contributed by atoms with Gasteiger partial charge in [-0.3, -0.25) is 0 Å². The fraction of sp³-hybridized carbons (Fsp3) is 0.364. The van der Waals surface area contributed by atoms with E-state index in [2.05, 4.69) is 26.2 Å². The zero-order valence-corrected chi connectivity index (χ0v) is 13.3. The summed E-state index contributed by atoms with van der Waals surface area (Å²) in [5, 5.41) is 3.04. The summed E-state index contributed by atoms with van der Waals surface area (Å²) in [5.74, 6) is 0.493. The maximum atomic E-state index is 5.68. The van der Waals surface area contributed by atoms with E-state index in [0.29, 0.717) is 18.5 Å². The molecular formula is C11H17BrIN3. The number of nitrogens with one attached hydrogen (secondary N) is 1. The van der Waals surface area contributed by atoms with Crippen molar-refractivity contribution < 1.29 is 0 Å². The van der Waals surface area contributed by atoms with Crippen LogP contribution in [0, 0.1) is 0 Å². The predicted molar refractivity (Wildman–Crippen MR) is 83.2 cm³/mol. The zero-order valence-electron chi connectivity index (χ0n) is 9.40. The lowest BCUT2D eigenvalue weighted by atomic mass is 10.2. The molecule has 1 aromatic carbocycles. The lowest BCUT2D eigenvalue weighted by Crippen LogP contribution is -2.36. The van der Waals surface area contributed by atoms with Crippen molar-refractivity contribution in [3.8, 4) is 0 Å². The number of nitrogens with zero attached hydrogens (tertiary/aromatic N) is 1. The van der Waals surface area contributed by atoms with Crippen molar-refractivity contribution in [2.24, 2.45) is 10.7 Å². The van der Waals surface area contributed by atoms with Crippen molar-refractivity contribution in [1.29, 1.82) is 0 Å². The molecule has 0 radical (unpaired) electrons. The third-order valence-corrected chi connectivity index (χ3v) is 2.31. The first-order chi connectivity index (χ1) is 7.08. The molecule has 0 saturated carbocycles. The maximum absolute atomic E-state index is 5.68. The molecule has 90 valence electrons. The Morgan fingerprint density at radius 3 is 2.44 bits per heavy atom. The van der Waals surface area contributed by atoms with E-state index in [1.54, 1.807) is 0 Å². The van der Waals surface area contributed by atoms with Crippen LogP contribution in [0.25, 0.3) is 0 Å². The molecule has 16 heavy (non-hydrogen) atoms. The van der Waals surface area contributed by atoms with Crippen molar-refractivity contribution >= 4 is 45.9 Å². The highest BCUT2D eigenvalue weighted by Gasteiger charge is 1.95. The molecule has 0 aliphatic rings. The third-order valence-electron chi connectivity index (χ3n) is 1.78. The minimum absolute atomic E-state index is 0. The molecule has 0 aliphatic heterocycles. The van der Waals surface area contributed by atoms with Gasteiger partial charge in [0.05, 0.1) is 6.54 Å². The molecule has 0 atom stereocenters. The molecule has 0 bridgehead atoms. The van der Waals surface area contributed by atoms with Gasteiger partial charge in [0, 0.05) is 10.5 Å². The van der Waals surface area contributed by atoms with Crippen LogP contribution in [0.3, 0.4) is 0 Å². The summed E-state index contributed by atoms with van der Waals surface area (Å²) in [4.78, 5) is 4.23. The standard InChI is InChI=1S/C11H16BrN3.HI/c1-8(2)15-11(13)14-7-9-3-5-10(12)6-4-9;/h3-6,8H,7H2,1-2H3,(H3,13,14,15);1H. The van der Waals surface area contributed by atoms with E-state index in [0.717, 1.165) is 10.0 Å². The van der Waals surface area contributed by atoms with Gasteiger partial charge in [0.1, 0.15) is 0 Å². The Kier molecular flexibility index (Phi) is 7.74. The van der Waals surface area contributed by atoms with Crippen LogP contribution in [0.5, 0.6) is 0 Å². The van der Waals surface area contributed by atoms with Gasteiger partial charge >= 0.3 is 0 Å². The Morgan fingerprint density at radius 2 is 1.94 bits per heavy atom. The summed E-state index contributed by atoms with van der Waals surface area (Å²) < 4.78 is 1.07. The quantitative estimate of drug-likeness (QED) is 0.468. The van der Waals surface area contributed by atoms with Gasteiger partial charge in [0.15, 0.2) is 5.96 Å². The highest BCUT2D eigenvalue weighted by molar-refractivity contribution is 14.0. The van der Waals surface area contributed by atoms with Crippen LogP contribution in [0.1, 0.15) is 19.4 Å². The average molecular weight is 398 g/mol. The zero-order chi connectivity index (χ0) is 11.3. The highest BCUT2D eigenvalue weighted by atomic mass is 127. The molecule has 0 unspecified atom stereocenters. The lowest BCUT2D eigenvalue weighted by molar-refractivity contribution is 0.723. The summed E-state index contributed by atoms with van der Waals surface area (Å²) in [6, 6.07) is 8.36. The number of aliphatic imine (C=N–C) groups is 1. The van der Waals surface area contributed by atoms with Gasteiger partial charge in [-0.2, -0.15) is 0 Å². The Balaban J connectivity index is 0.00000225. The number of hydrogen-bond acceptors (Lipinski definition) is 1. The smallest absolute Gasteiger partial charge is 0.189 e. The second kappa shape index (κ2) is 7.89. The molecule has 0 heterocycles. The Hall–Kier alpha value is -0.300. The van der Waals surface area contributed by atoms with E-state index in [9.17, 15) is 0 Å². The van der Waals surface area contributed by atoms with Crippen LogP contribution >= 0.6 is 39.9 Å². The van der Waals surface area contributed by atoms with Crippen LogP contribution in [-0.2, 0) is 6.54 Å². The van der Waals surface area contributed by atoms with Gasteiger partial charge in [-0.15, -0.1) is 24.0 Å². The number of guanidine groups is 1. The van der Waals surface area contributed by atoms with Crippen LogP contribution < -0.4 is 11.1 Å². The molecule has 5 heteroatoms. The van der Waals surface area contributed by atoms with Crippen LogP contribution in [-0.4, -0.2) is 12.0 Å². The van der Waals surface area contributed by atoms with Crippen LogP contribution in [0.2, 0.25) is 0 Å². The van der Waals surface area contributed by atoms with Gasteiger partial charge in [-0.25, -0.2) is 4.99 Å². The fourth-order valence-electron chi connectivity index (χ4n) is 1.11. The molecule has 0 fully saturated rings. The van der Waals surface area contributed by atoms with Crippen molar-refractivity contribution in [2.45, 2.75) is 26.4 Å².